The van der Waals surface area contributed by atoms with E-state index in [1.807, 2.05) is 37.3 Å². The van der Waals surface area contributed by atoms with Crippen molar-refractivity contribution in [2.75, 3.05) is 32.9 Å². The predicted octanol–water partition coefficient (Wildman–Crippen LogP) is 5.53. The lowest BCUT2D eigenvalue weighted by Gasteiger charge is -2.26. The second kappa shape index (κ2) is 13.0. The second-order valence-corrected chi connectivity index (χ2v) is 12.2. The first-order chi connectivity index (χ1) is 19.9. The van der Waals surface area contributed by atoms with Crippen molar-refractivity contribution in [2.45, 2.75) is 50.3 Å². The Hall–Kier alpha value is -3.53. The Morgan fingerprint density at radius 1 is 1.02 bits per heavy atom. The number of aromatic nitrogens is 2. The fraction of sp³-hybridized carbons (Fsp3) is 0.375. The van der Waals surface area contributed by atoms with Crippen LogP contribution in [0.4, 0.5) is 0 Å². The van der Waals surface area contributed by atoms with Gasteiger partial charge in [0.1, 0.15) is 11.6 Å². The molecule has 0 saturated carbocycles. The summed E-state index contributed by atoms with van der Waals surface area (Å²) >= 11 is 0. The first-order valence-corrected chi connectivity index (χ1v) is 15.8. The Morgan fingerprint density at radius 3 is 2.54 bits per heavy atom. The van der Waals surface area contributed by atoms with Gasteiger partial charge in [0, 0.05) is 13.1 Å². The number of benzene rings is 3. The highest BCUT2D eigenvalue weighted by Crippen LogP contribution is 2.34. The summed E-state index contributed by atoms with van der Waals surface area (Å²) in [6, 6.07) is 20.9. The molecule has 1 atom stereocenters. The molecule has 0 bridgehead atoms. The average Bonchev–Trinajstić information content (AvgIpc) is 3.01. The van der Waals surface area contributed by atoms with Crippen LogP contribution >= 0.6 is 0 Å². The van der Waals surface area contributed by atoms with Crippen molar-refractivity contribution in [3.63, 3.8) is 0 Å². The van der Waals surface area contributed by atoms with E-state index in [1.54, 1.807) is 24.3 Å². The molecular weight excluding hydrogens is 538 g/mol. The third-order valence-electron chi connectivity index (χ3n) is 7.60. The molecular formula is C32H37N3O5S. The van der Waals surface area contributed by atoms with Crippen LogP contribution in [0.15, 0.2) is 76.4 Å². The minimum absolute atomic E-state index is 0.128. The Labute approximate surface area is 241 Å². The third kappa shape index (κ3) is 6.37. The summed E-state index contributed by atoms with van der Waals surface area (Å²) < 4.78 is 39.7. The highest BCUT2D eigenvalue weighted by atomic mass is 32.2. The van der Waals surface area contributed by atoms with Gasteiger partial charge in [-0.2, -0.15) is 4.31 Å². The molecule has 2 heterocycles. The van der Waals surface area contributed by atoms with Gasteiger partial charge in [-0.3, -0.25) is 4.79 Å². The van der Waals surface area contributed by atoms with Crippen molar-refractivity contribution in [3.8, 4) is 17.1 Å². The topological polar surface area (TPSA) is 102 Å². The number of ether oxygens (including phenoxy) is 2. The number of aryl methyl sites for hydroxylation is 1. The van der Waals surface area contributed by atoms with Crippen LogP contribution in [-0.2, 0) is 21.2 Å². The molecule has 1 aromatic heterocycles. The molecule has 41 heavy (non-hydrogen) atoms. The van der Waals surface area contributed by atoms with E-state index in [0.717, 1.165) is 31.2 Å². The number of fused-ring (bicyclic) bond motifs is 1. The van der Waals surface area contributed by atoms with E-state index in [4.69, 9.17) is 14.5 Å². The lowest BCUT2D eigenvalue weighted by atomic mass is 9.89. The number of rotatable bonds is 11. The number of hydrogen-bond donors (Lipinski definition) is 1. The maximum Gasteiger partial charge on any atom is 0.259 e. The van der Waals surface area contributed by atoms with Crippen LogP contribution in [0.5, 0.6) is 5.75 Å². The number of sulfonamides is 1. The zero-order chi connectivity index (χ0) is 28.8. The van der Waals surface area contributed by atoms with Crippen LogP contribution in [0.1, 0.15) is 50.2 Å². The van der Waals surface area contributed by atoms with Crippen molar-refractivity contribution in [1.29, 1.82) is 0 Å². The molecule has 216 valence electrons. The largest absolute Gasteiger partial charge is 0.493 e. The summed E-state index contributed by atoms with van der Waals surface area (Å²) in [6.45, 7) is 5.90. The van der Waals surface area contributed by atoms with Gasteiger partial charge in [0.05, 0.1) is 41.2 Å². The van der Waals surface area contributed by atoms with E-state index in [0.29, 0.717) is 55.1 Å². The van der Waals surface area contributed by atoms with Gasteiger partial charge < -0.3 is 14.5 Å². The van der Waals surface area contributed by atoms with Crippen molar-refractivity contribution < 1.29 is 17.9 Å². The van der Waals surface area contributed by atoms with E-state index in [2.05, 4.69) is 24.0 Å². The lowest BCUT2D eigenvalue weighted by Crippen LogP contribution is -2.40. The molecule has 1 saturated heterocycles. The highest BCUT2D eigenvalue weighted by molar-refractivity contribution is 7.89. The normalized spacial score (nSPS) is 15.2. The van der Waals surface area contributed by atoms with Gasteiger partial charge in [-0.25, -0.2) is 13.4 Å². The molecule has 5 rings (SSSR count). The fourth-order valence-corrected chi connectivity index (χ4v) is 6.77. The number of H-pyrrole nitrogens is 1. The second-order valence-electron chi connectivity index (χ2n) is 10.3. The first-order valence-electron chi connectivity index (χ1n) is 14.3. The Balaban J connectivity index is 1.59. The monoisotopic (exact) mass is 575 g/mol. The minimum atomic E-state index is -3.76. The van der Waals surface area contributed by atoms with Crippen LogP contribution < -0.4 is 10.3 Å². The molecule has 1 unspecified atom stereocenters. The average molecular weight is 576 g/mol. The quantitative estimate of drug-likeness (QED) is 0.253. The van der Waals surface area contributed by atoms with E-state index in [9.17, 15) is 13.2 Å². The molecule has 1 aliphatic rings. The van der Waals surface area contributed by atoms with E-state index in [-0.39, 0.29) is 22.2 Å². The summed E-state index contributed by atoms with van der Waals surface area (Å²) in [4.78, 5) is 21.4. The molecule has 0 aliphatic carbocycles. The SMILES string of the molecule is CCCOc1ccc(S(=O)(=O)N2CCOCC2)cc1-c1nc2c(C(CC)CCc3ccccc3)cccc2c(=O)[nH]1. The van der Waals surface area contributed by atoms with Crippen LogP contribution in [0, 0.1) is 0 Å². The van der Waals surface area contributed by atoms with Gasteiger partial charge in [-0.1, -0.05) is 56.3 Å². The van der Waals surface area contributed by atoms with Gasteiger partial charge in [-0.05, 0) is 67.0 Å². The van der Waals surface area contributed by atoms with Crippen molar-refractivity contribution in [1.82, 2.24) is 14.3 Å². The fourth-order valence-electron chi connectivity index (χ4n) is 5.33. The van der Waals surface area contributed by atoms with E-state index in [1.165, 1.54) is 9.87 Å². The number of hydrogen-bond acceptors (Lipinski definition) is 6. The van der Waals surface area contributed by atoms with Gasteiger partial charge in [0.25, 0.3) is 5.56 Å². The summed E-state index contributed by atoms with van der Waals surface area (Å²) in [7, 11) is -3.76. The first kappa shape index (κ1) is 29.0. The van der Waals surface area contributed by atoms with Gasteiger partial charge >= 0.3 is 0 Å². The van der Waals surface area contributed by atoms with Crippen LogP contribution in [0.2, 0.25) is 0 Å². The van der Waals surface area contributed by atoms with E-state index >= 15 is 0 Å². The molecule has 1 aliphatic heterocycles. The zero-order valence-corrected chi connectivity index (χ0v) is 24.5. The number of nitrogens with zero attached hydrogens (tertiary/aromatic N) is 2. The molecule has 0 amide bonds. The summed E-state index contributed by atoms with van der Waals surface area (Å²) in [5.41, 5.74) is 3.09. The lowest BCUT2D eigenvalue weighted by molar-refractivity contribution is 0.0730. The zero-order valence-electron chi connectivity index (χ0n) is 23.6. The highest BCUT2D eigenvalue weighted by Gasteiger charge is 2.28. The number of aromatic amines is 1. The van der Waals surface area contributed by atoms with Gasteiger partial charge in [0.2, 0.25) is 10.0 Å². The summed E-state index contributed by atoms with van der Waals surface area (Å²) in [6.07, 6.45) is 3.51. The molecule has 4 aromatic rings. The molecule has 1 N–H and O–H groups in total. The molecule has 9 heteroatoms. The molecule has 0 radical (unpaired) electrons. The van der Waals surface area contributed by atoms with Gasteiger partial charge in [-0.15, -0.1) is 0 Å². The molecule has 8 nitrogen and oxygen atoms in total. The maximum absolute atomic E-state index is 13.5. The van der Waals surface area contributed by atoms with Crippen LogP contribution in [0.3, 0.4) is 0 Å². The van der Waals surface area contributed by atoms with Crippen molar-refractivity contribution >= 4 is 20.9 Å². The molecule has 3 aromatic carbocycles. The molecule has 0 spiro atoms. The van der Waals surface area contributed by atoms with Crippen molar-refractivity contribution in [2.24, 2.45) is 0 Å². The number of para-hydroxylation sites is 1. The molecule has 1 fully saturated rings. The summed E-state index contributed by atoms with van der Waals surface area (Å²) in [5, 5.41) is 0.512. The van der Waals surface area contributed by atoms with E-state index < -0.39 is 10.0 Å². The maximum atomic E-state index is 13.5. The van der Waals surface area contributed by atoms with Crippen LogP contribution in [-0.4, -0.2) is 55.6 Å². The van der Waals surface area contributed by atoms with Crippen molar-refractivity contribution in [3.05, 3.63) is 88.2 Å². The van der Waals surface area contributed by atoms with Crippen LogP contribution in [0.25, 0.3) is 22.3 Å². The number of nitrogens with one attached hydrogen (secondary N) is 1. The standard InChI is InChI=1S/C32H37N3O5S/c1-3-19-40-29-16-15-25(41(37,38)35-17-20-39-21-18-35)22-28(29)31-33-30-26(11-8-12-27(30)32(36)34-31)24(4-2)14-13-23-9-6-5-7-10-23/h5-12,15-16,22,24H,3-4,13-14,17-21H2,1-2H3,(H,33,34,36). The smallest absolute Gasteiger partial charge is 0.259 e. The Kier molecular flexibility index (Phi) is 9.17. The third-order valence-corrected chi connectivity index (χ3v) is 9.49. The predicted molar refractivity (Wildman–Crippen MR) is 161 cm³/mol. The number of morpholine rings is 1. The minimum Gasteiger partial charge on any atom is -0.493 e. The van der Waals surface area contributed by atoms with Gasteiger partial charge in [0.15, 0.2) is 0 Å². The Morgan fingerprint density at radius 2 is 1.80 bits per heavy atom. The summed E-state index contributed by atoms with van der Waals surface area (Å²) in [5.74, 6) is 0.965. The Bertz CT molecular complexity index is 1650.